The van der Waals surface area contributed by atoms with Crippen LogP contribution < -0.4 is 16.4 Å². The first-order chi connectivity index (χ1) is 10.1. The molecule has 0 spiro atoms. The van der Waals surface area contributed by atoms with Crippen molar-refractivity contribution in [1.29, 1.82) is 0 Å². The summed E-state index contributed by atoms with van der Waals surface area (Å²) in [6.07, 6.45) is 1.18. The van der Waals surface area contributed by atoms with E-state index in [2.05, 4.69) is 15.6 Å². The second-order valence-corrected chi connectivity index (χ2v) is 5.65. The minimum atomic E-state index is -0.202. The van der Waals surface area contributed by atoms with Crippen LogP contribution in [0.4, 0.5) is 5.13 Å². The Bertz CT molecular complexity index is 653. The van der Waals surface area contributed by atoms with Crippen molar-refractivity contribution in [1.82, 2.24) is 15.6 Å². The first kappa shape index (κ1) is 15.2. The Hall–Kier alpha value is -2.15. The van der Waals surface area contributed by atoms with E-state index in [1.165, 1.54) is 11.3 Å². The molecule has 0 radical (unpaired) electrons. The summed E-state index contributed by atoms with van der Waals surface area (Å²) in [4.78, 5) is 27.6. The third-order valence-electron chi connectivity index (χ3n) is 2.88. The summed E-state index contributed by atoms with van der Waals surface area (Å²) in [7, 11) is 0. The summed E-state index contributed by atoms with van der Waals surface area (Å²) in [5.74, 6) is -0.255. The maximum Gasteiger partial charge on any atom is 0.251 e. The molecule has 4 N–H and O–H groups in total. The summed E-state index contributed by atoms with van der Waals surface area (Å²) < 4.78 is 0.876. The normalized spacial score (nSPS) is 10.5. The van der Waals surface area contributed by atoms with E-state index in [4.69, 9.17) is 5.73 Å². The molecule has 0 aliphatic carbocycles. The molecule has 2 amide bonds. The highest BCUT2D eigenvalue weighted by Gasteiger charge is 2.09. The monoisotopic (exact) mass is 306 g/mol. The zero-order valence-electron chi connectivity index (χ0n) is 11.8. The molecule has 6 nitrogen and oxygen atoms in total. The summed E-state index contributed by atoms with van der Waals surface area (Å²) in [5.41, 5.74) is 6.96. The Labute approximate surface area is 126 Å². The second kappa shape index (κ2) is 7.03. The number of rotatable bonds is 6. The number of nitrogen functional groups attached to an aromatic ring is 1. The maximum absolute atomic E-state index is 12.0. The van der Waals surface area contributed by atoms with Gasteiger partial charge in [-0.3, -0.25) is 9.59 Å². The number of thiazole rings is 1. The first-order valence-corrected chi connectivity index (χ1v) is 7.62. The Balaban J connectivity index is 1.88. The van der Waals surface area contributed by atoms with Crippen LogP contribution in [0.25, 0.3) is 10.2 Å². The molecule has 21 heavy (non-hydrogen) atoms. The van der Waals surface area contributed by atoms with Gasteiger partial charge >= 0.3 is 0 Å². The number of aromatic nitrogens is 1. The van der Waals surface area contributed by atoms with Crippen LogP contribution in [-0.2, 0) is 4.79 Å². The molecule has 7 heteroatoms. The fourth-order valence-corrected chi connectivity index (χ4v) is 2.60. The molecule has 0 aliphatic rings. The minimum Gasteiger partial charge on any atom is -0.375 e. The number of amides is 2. The molecular formula is C14H18N4O2S. The van der Waals surface area contributed by atoms with Crippen LogP contribution in [0, 0.1) is 0 Å². The number of hydrogen-bond acceptors (Lipinski definition) is 5. The molecule has 0 unspecified atom stereocenters. The third kappa shape index (κ3) is 4.16. The van der Waals surface area contributed by atoms with Gasteiger partial charge in [0.2, 0.25) is 5.91 Å². The average Bonchev–Trinajstić information content (AvgIpc) is 2.83. The zero-order chi connectivity index (χ0) is 15.2. The minimum absolute atomic E-state index is 0.0529. The van der Waals surface area contributed by atoms with Gasteiger partial charge in [-0.05, 0) is 24.6 Å². The molecule has 0 saturated heterocycles. The molecular weight excluding hydrogens is 288 g/mol. The number of nitrogens with one attached hydrogen (secondary N) is 2. The maximum atomic E-state index is 12.0. The van der Waals surface area contributed by atoms with Crippen LogP contribution in [0.5, 0.6) is 0 Å². The van der Waals surface area contributed by atoms with Gasteiger partial charge < -0.3 is 16.4 Å². The van der Waals surface area contributed by atoms with Gasteiger partial charge in [-0.25, -0.2) is 4.98 Å². The predicted octanol–water partition coefficient (Wildman–Crippen LogP) is 1.52. The topological polar surface area (TPSA) is 97.1 Å². The van der Waals surface area contributed by atoms with Crippen molar-refractivity contribution in [3.63, 3.8) is 0 Å². The standard InChI is InChI=1S/C14H18N4O2S/c1-2-6-16-12(19)5-7-17-13(20)9-3-4-10-11(8-9)21-14(15)18-10/h3-4,8H,2,5-7H2,1H3,(H2,15,18)(H,16,19)(H,17,20). The van der Waals surface area contributed by atoms with Crippen LogP contribution in [0.1, 0.15) is 30.1 Å². The van der Waals surface area contributed by atoms with Crippen LogP contribution in [0.15, 0.2) is 18.2 Å². The molecule has 0 fully saturated rings. The second-order valence-electron chi connectivity index (χ2n) is 4.59. The van der Waals surface area contributed by atoms with Crippen molar-refractivity contribution >= 4 is 38.5 Å². The quantitative estimate of drug-likeness (QED) is 0.754. The van der Waals surface area contributed by atoms with Crippen LogP contribution in [-0.4, -0.2) is 29.9 Å². The lowest BCUT2D eigenvalue weighted by atomic mass is 10.2. The largest absolute Gasteiger partial charge is 0.375 e. The molecule has 2 rings (SSSR count). The number of carbonyl (C=O) groups excluding carboxylic acids is 2. The van der Waals surface area contributed by atoms with Gasteiger partial charge in [0, 0.05) is 25.1 Å². The SMILES string of the molecule is CCCNC(=O)CCNC(=O)c1ccc2nc(N)sc2c1. The van der Waals surface area contributed by atoms with E-state index in [0.717, 1.165) is 16.6 Å². The molecule has 1 aromatic heterocycles. The molecule has 2 aromatic rings. The van der Waals surface area contributed by atoms with E-state index in [1.54, 1.807) is 18.2 Å². The lowest BCUT2D eigenvalue weighted by Gasteiger charge is -2.06. The van der Waals surface area contributed by atoms with E-state index >= 15 is 0 Å². The number of carbonyl (C=O) groups is 2. The lowest BCUT2D eigenvalue weighted by Crippen LogP contribution is -2.31. The smallest absolute Gasteiger partial charge is 0.251 e. The fraction of sp³-hybridized carbons (Fsp3) is 0.357. The lowest BCUT2D eigenvalue weighted by molar-refractivity contribution is -0.120. The Morgan fingerprint density at radius 1 is 1.29 bits per heavy atom. The van der Waals surface area contributed by atoms with E-state index in [-0.39, 0.29) is 18.2 Å². The predicted molar refractivity (Wildman–Crippen MR) is 84.3 cm³/mol. The van der Waals surface area contributed by atoms with Crippen molar-refractivity contribution in [3.05, 3.63) is 23.8 Å². The van der Waals surface area contributed by atoms with Crippen molar-refractivity contribution in [2.45, 2.75) is 19.8 Å². The Morgan fingerprint density at radius 2 is 2.10 bits per heavy atom. The Kier molecular flexibility index (Phi) is 5.10. The van der Waals surface area contributed by atoms with Crippen molar-refractivity contribution in [2.24, 2.45) is 0 Å². The summed E-state index contributed by atoms with van der Waals surface area (Å²) in [6, 6.07) is 5.23. The molecule has 0 bridgehead atoms. The van der Waals surface area contributed by atoms with Gasteiger partial charge in [-0.1, -0.05) is 18.3 Å². The summed E-state index contributed by atoms with van der Waals surface area (Å²) >= 11 is 1.34. The van der Waals surface area contributed by atoms with E-state index in [9.17, 15) is 9.59 Å². The highest BCUT2D eigenvalue weighted by Crippen LogP contribution is 2.24. The molecule has 0 atom stereocenters. The van der Waals surface area contributed by atoms with Crippen LogP contribution in [0.3, 0.4) is 0 Å². The van der Waals surface area contributed by atoms with Crippen molar-refractivity contribution in [2.75, 3.05) is 18.8 Å². The van der Waals surface area contributed by atoms with Gasteiger partial charge in [-0.15, -0.1) is 0 Å². The van der Waals surface area contributed by atoms with Gasteiger partial charge in [0.1, 0.15) is 0 Å². The number of hydrogen-bond donors (Lipinski definition) is 3. The molecule has 0 saturated carbocycles. The van der Waals surface area contributed by atoms with E-state index < -0.39 is 0 Å². The van der Waals surface area contributed by atoms with Gasteiger partial charge in [0.05, 0.1) is 10.2 Å². The van der Waals surface area contributed by atoms with E-state index in [0.29, 0.717) is 23.8 Å². The van der Waals surface area contributed by atoms with Crippen LogP contribution in [0.2, 0.25) is 0 Å². The molecule has 1 aromatic carbocycles. The molecule has 1 heterocycles. The number of benzene rings is 1. The van der Waals surface area contributed by atoms with Crippen molar-refractivity contribution < 1.29 is 9.59 Å². The number of nitrogens with two attached hydrogens (primary N) is 1. The van der Waals surface area contributed by atoms with Crippen LogP contribution >= 0.6 is 11.3 Å². The highest BCUT2D eigenvalue weighted by molar-refractivity contribution is 7.22. The summed E-state index contributed by atoms with van der Waals surface area (Å²) in [5, 5.41) is 5.97. The zero-order valence-corrected chi connectivity index (χ0v) is 12.6. The number of nitrogens with zero attached hydrogens (tertiary/aromatic N) is 1. The molecule has 0 aliphatic heterocycles. The third-order valence-corrected chi connectivity index (χ3v) is 3.72. The fourth-order valence-electron chi connectivity index (χ4n) is 1.83. The molecule has 112 valence electrons. The number of anilines is 1. The summed E-state index contributed by atoms with van der Waals surface area (Å²) in [6.45, 7) is 2.97. The number of fused-ring (bicyclic) bond motifs is 1. The average molecular weight is 306 g/mol. The van der Waals surface area contributed by atoms with Gasteiger partial charge in [0.15, 0.2) is 5.13 Å². The van der Waals surface area contributed by atoms with Gasteiger partial charge in [-0.2, -0.15) is 0 Å². The Morgan fingerprint density at radius 3 is 2.86 bits per heavy atom. The highest BCUT2D eigenvalue weighted by atomic mass is 32.1. The van der Waals surface area contributed by atoms with Gasteiger partial charge in [0.25, 0.3) is 5.91 Å². The first-order valence-electron chi connectivity index (χ1n) is 6.81. The van der Waals surface area contributed by atoms with E-state index in [1.807, 2.05) is 6.92 Å². The van der Waals surface area contributed by atoms with Crippen molar-refractivity contribution in [3.8, 4) is 0 Å².